The fraction of sp³-hybridized carbons (Fsp3) is 0.455. The van der Waals surface area contributed by atoms with Crippen LogP contribution in [0.1, 0.15) is 32.4 Å². The van der Waals surface area contributed by atoms with Crippen molar-refractivity contribution < 1.29 is 4.79 Å². The maximum absolute atomic E-state index is 11.3. The van der Waals surface area contributed by atoms with E-state index in [1.54, 1.807) is 0 Å². The van der Waals surface area contributed by atoms with E-state index in [1.165, 1.54) is 0 Å². The Balaban J connectivity index is 2.62. The highest BCUT2D eigenvalue weighted by atomic mass is 16.1. The Kier molecular flexibility index (Phi) is 4.11. The third kappa shape index (κ3) is 3.17. The molecule has 1 amide bonds. The predicted molar refractivity (Wildman–Crippen MR) is 57.2 cm³/mol. The molecule has 1 heterocycles. The molecule has 0 atom stereocenters. The number of aromatic nitrogens is 1. The third-order valence-corrected chi connectivity index (χ3v) is 1.91. The first-order chi connectivity index (χ1) is 6.76. The number of nitrogens with one attached hydrogen (secondary N) is 1. The first-order valence-electron chi connectivity index (χ1n) is 5.02. The number of hydrogen-bond donors (Lipinski definition) is 1. The van der Waals surface area contributed by atoms with E-state index in [1.807, 2.05) is 32.0 Å². The van der Waals surface area contributed by atoms with E-state index in [4.69, 9.17) is 0 Å². The molecule has 1 N–H and O–H groups in total. The van der Waals surface area contributed by atoms with Crippen LogP contribution in [0.5, 0.6) is 0 Å². The van der Waals surface area contributed by atoms with Gasteiger partial charge in [-0.2, -0.15) is 0 Å². The molecule has 0 spiro atoms. The molecular weight excluding hydrogens is 176 g/mol. The Hall–Kier alpha value is -1.38. The maximum Gasteiger partial charge on any atom is 0.225 e. The van der Waals surface area contributed by atoms with E-state index < -0.39 is 0 Å². The molecule has 14 heavy (non-hydrogen) atoms. The molecule has 0 saturated heterocycles. The standard InChI is InChI=1S/C11H16N2O/c1-3-6-11(14)13-10-8-5-7-9(4-2)12-10/h5,7-8H,3-4,6H2,1-2H3,(H,12,13,14). The molecule has 0 radical (unpaired) electrons. The molecule has 1 rings (SSSR count). The summed E-state index contributed by atoms with van der Waals surface area (Å²) in [6.45, 7) is 4.02. The highest BCUT2D eigenvalue weighted by Gasteiger charge is 2.01. The van der Waals surface area contributed by atoms with Crippen molar-refractivity contribution in [2.45, 2.75) is 33.1 Å². The number of pyridine rings is 1. The van der Waals surface area contributed by atoms with Gasteiger partial charge in [0, 0.05) is 12.1 Å². The number of rotatable bonds is 4. The van der Waals surface area contributed by atoms with Gasteiger partial charge in [-0.1, -0.05) is 19.9 Å². The first kappa shape index (κ1) is 10.7. The lowest BCUT2D eigenvalue weighted by molar-refractivity contribution is -0.116. The number of nitrogens with zero attached hydrogens (tertiary/aromatic N) is 1. The molecule has 0 aliphatic rings. The van der Waals surface area contributed by atoms with Crippen LogP contribution < -0.4 is 5.32 Å². The summed E-state index contributed by atoms with van der Waals surface area (Å²) in [5.41, 5.74) is 0.999. The van der Waals surface area contributed by atoms with E-state index in [-0.39, 0.29) is 5.91 Å². The molecule has 0 unspecified atom stereocenters. The van der Waals surface area contributed by atoms with Gasteiger partial charge in [-0.05, 0) is 25.0 Å². The smallest absolute Gasteiger partial charge is 0.225 e. The van der Waals surface area contributed by atoms with Crippen LogP contribution in [0.25, 0.3) is 0 Å². The molecular formula is C11H16N2O. The Morgan fingerprint density at radius 3 is 2.86 bits per heavy atom. The van der Waals surface area contributed by atoms with Crippen molar-refractivity contribution in [3.05, 3.63) is 23.9 Å². The van der Waals surface area contributed by atoms with Crippen LogP contribution in [0.4, 0.5) is 5.82 Å². The largest absolute Gasteiger partial charge is 0.311 e. The van der Waals surface area contributed by atoms with Crippen LogP contribution in [-0.4, -0.2) is 10.9 Å². The first-order valence-corrected chi connectivity index (χ1v) is 5.02. The van der Waals surface area contributed by atoms with Gasteiger partial charge in [0.25, 0.3) is 0 Å². The van der Waals surface area contributed by atoms with Crippen LogP contribution in [0.15, 0.2) is 18.2 Å². The number of hydrogen-bond acceptors (Lipinski definition) is 2. The van der Waals surface area contributed by atoms with Crippen molar-refractivity contribution in [2.24, 2.45) is 0 Å². The van der Waals surface area contributed by atoms with Crippen LogP contribution >= 0.6 is 0 Å². The average Bonchev–Trinajstić information content (AvgIpc) is 2.18. The van der Waals surface area contributed by atoms with Crippen LogP contribution in [0.2, 0.25) is 0 Å². The summed E-state index contributed by atoms with van der Waals surface area (Å²) in [5.74, 6) is 0.691. The Labute approximate surface area is 84.6 Å². The molecule has 0 saturated carbocycles. The van der Waals surface area contributed by atoms with Gasteiger partial charge in [0.15, 0.2) is 0 Å². The maximum atomic E-state index is 11.3. The van der Waals surface area contributed by atoms with E-state index >= 15 is 0 Å². The lowest BCUT2D eigenvalue weighted by Crippen LogP contribution is -2.12. The van der Waals surface area contributed by atoms with Crippen molar-refractivity contribution >= 4 is 11.7 Å². The highest BCUT2D eigenvalue weighted by molar-refractivity contribution is 5.89. The second-order valence-electron chi connectivity index (χ2n) is 3.17. The minimum absolute atomic E-state index is 0.0354. The van der Waals surface area contributed by atoms with Gasteiger partial charge in [0.1, 0.15) is 5.82 Å². The second kappa shape index (κ2) is 5.37. The molecule has 3 heteroatoms. The van der Waals surface area contributed by atoms with Crippen molar-refractivity contribution in [1.29, 1.82) is 0 Å². The third-order valence-electron chi connectivity index (χ3n) is 1.91. The van der Waals surface area contributed by atoms with Crippen molar-refractivity contribution in [3.63, 3.8) is 0 Å². The summed E-state index contributed by atoms with van der Waals surface area (Å²) >= 11 is 0. The Morgan fingerprint density at radius 2 is 2.21 bits per heavy atom. The lowest BCUT2D eigenvalue weighted by Gasteiger charge is -2.04. The van der Waals surface area contributed by atoms with Gasteiger partial charge >= 0.3 is 0 Å². The fourth-order valence-corrected chi connectivity index (χ4v) is 1.18. The minimum atomic E-state index is 0.0354. The van der Waals surface area contributed by atoms with E-state index in [0.717, 1.165) is 18.5 Å². The zero-order chi connectivity index (χ0) is 10.4. The monoisotopic (exact) mass is 192 g/mol. The SMILES string of the molecule is CCCC(=O)Nc1cccc(CC)n1. The van der Waals surface area contributed by atoms with Gasteiger partial charge in [-0.25, -0.2) is 4.98 Å². The van der Waals surface area contributed by atoms with Crippen molar-refractivity contribution in [1.82, 2.24) is 4.98 Å². The molecule has 0 aromatic carbocycles. The number of aryl methyl sites for hydroxylation is 1. The highest BCUT2D eigenvalue weighted by Crippen LogP contribution is 2.06. The number of carbonyl (C=O) groups excluding carboxylic acids is 1. The topological polar surface area (TPSA) is 42.0 Å². The fourth-order valence-electron chi connectivity index (χ4n) is 1.18. The summed E-state index contributed by atoms with van der Waals surface area (Å²) in [4.78, 5) is 15.5. The zero-order valence-corrected chi connectivity index (χ0v) is 8.71. The summed E-state index contributed by atoms with van der Waals surface area (Å²) < 4.78 is 0. The van der Waals surface area contributed by atoms with Gasteiger partial charge < -0.3 is 5.32 Å². The number of amides is 1. The molecule has 0 aliphatic heterocycles. The molecule has 0 fully saturated rings. The summed E-state index contributed by atoms with van der Waals surface area (Å²) in [6, 6.07) is 5.68. The Bertz CT molecular complexity index is 310. The second-order valence-corrected chi connectivity index (χ2v) is 3.17. The number of carbonyl (C=O) groups is 1. The van der Waals surface area contributed by atoms with Gasteiger partial charge in [0.05, 0.1) is 0 Å². The van der Waals surface area contributed by atoms with Crippen LogP contribution in [0, 0.1) is 0 Å². The molecule has 1 aromatic rings. The van der Waals surface area contributed by atoms with Gasteiger partial charge in [0.2, 0.25) is 5.91 Å². The molecule has 76 valence electrons. The van der Waals surface area contributed by atoms with E-state index in [0.29, 0.717) is 12.2 Å². The molecule has 1 aromatic heterocycles. The van der Waals surface area contributed by atoms with Crippen LogP contribution in [0.3, 0.4) is 0 Å². The quantitative estimate of drug-likeness (QED) is 0.795. The Morgan fingerprint density at radius 1 is 1.43 bits per heavy atom. The van der Waals surface area contributed by atoms with E-state index in [9.17, 15) is 4.79 Å². The summed E-state index contributed by atoms with van der Waals surface area (Å²) in [6.07, 6.45) is 2.30. The number of anilines is 1. The van der Waals surface area contributed by atoms with Crippen molar-refractivity contribution in [2.75, 3.05) is 5.32 Å². The van der Waals surface area contributed by atoms with Gasteiger partial charge in [-0.3, -0.25) is 4.79 Å². The molecule has 0 bridgehead atoms. The minimum Gasteiger partial charge on any atom is -0.311 e. The molecule has 0 aliphatic carbocycles. The zero-order valence-electron chi connectivity index (χ0n) is 8.71. The average molecular weight is 192 g/mol. The molecule has 3 nitrogen and oxygen atoms in total. The summed E-state index contributed by atoms with van der Waals surface area (Å²) in [7, 11) is 0. The van der Waals surface area contributed by atoms with Crippen LogP contribution in [-0.2, 0) is 11.2 Å². The van der Waals surface area contributed by atoms with E-state index in [2.05, 4.69) is 10.3 Å². The lowest BCUT2D eigenvalue weighted by atomic mass is 10.3. The normalized spacial score (nSPS) is 9.86. The summed E-state index contributed by atoms with van der Waals surface area (Å²) in [5, 5.41) is 2.77. The van der Waals surface area contributed by atoms with Gasteiger partial charge in [-0.15, -0.1) is 0 Å². The van der Waals surface area contributed by atoms with Crippen molar-refractivity contribution in [3.8, 4) is 0 Å². The predicted octanol–water partition coefficient (Wildman–Crippen LogP) is 2.38.